The van der Waals surface area contributed by atoms with Gasteiger partial charge in [0, 0.05) is 0 Å². The highest BCUT2D eigenvalue weighted by atomic mass is 19.4. The molecule has 2 N–H and O–H groups in total. The zero-order valence-corrected chi connectivity index (χ0v) is 7.39. The van der Waals surface area contributed by atoms with Crippen molar-refractivity contribution in [1.29, 1.82) is 0 Å². The summed E-state index contributed by atoms with van der Waals surface area (Å²) < 4.78 is 35.5. The van der Waals surface area contributed by atoms with Gasteiger partial charge in [-0.3, -0.25) is 0 Å². The average molecular weight is 192 g/mol. The van der Waals surface area contributed by atoms with Crippen LogP contribution in [0.15, 0.2) is 18.2 Å². The van der Waals surface area contributed by atoms with Gasteiger partial charge in [0.15, 0.2) is 0 Å². The maximum Gasteiger partial charge on any atom is 0.433 e. The van der Waals surface area contributed by atoms with Gasteiger partial charge in [-0.15, -0.1) is 0 Å². The molecule has 0 aliphatic rings. The fraction of sp³-hybridized carbons (Fsp3) is 0.375. The molecule has 0 saturated carbocycles. The maximum absolute atomic E-state index is 11.8. The summed E-state index contributed by atoms with van der Waals surface area (Å²) in [6.45, 7) is 4.00. The predicted octanol–water partition coefficient (Wildman–Crippen LogP) is 2.71. The lowest BCUT2D eigenvalue weighted by Crippen LogP contribution is -2.08. The molecule has 0 amide bonds. The van der Waals surface area contributed by atoms with E-state index in [-0.39, 0.29) is 5.82 Å². The van der Waals surface area contributed by atoms with Gasteiger partial charge in [-0.05, 0) is 12.1 Å². The molecule has 13 heavy (non-hydrogen) atoms. The number of nitrogens with two attached hydrogens (primary N) is 1. The first-order chi connectivity index (χ1) is 6.00. The van der Waals surface area contributed by atoms with E-state index in [1.54, 1.807) is 0 Å². The Morgan fingerprint density at radius 1 is 1.23 bits per heavy atom. The summed E-state index contributed by atoms with van der Waals surface area (Å²) in [5, 5.41) is 0. The molecule has 0 fully saturated rings. The second-order valence-electron chi connectivity index (χ2n) is 1.95. The molecular weight excluding hydrogens is 181 g/mol. The first kappa shape index (κ1) is 11.7. The molecule has 2 nitrogen and oxygen atoms in total. The number of alkyl halides is 3. The minimum atomic E-state index is -4.41. The normalized spacial score (nSPS) is 10.2. The van der Waals surface area contributed by atoms with Crippen LogP contribution in [0.1, 0.15) is 19.5 Å². The summed E-state index contributed by atoms with van der Waals surface area (Å²) in [4.78, 5) is 3.10. The molecule has 0 bridgehead atoms. The number of hydrogen-bond donors (Lipinski definition) is 1. The lowest BCUT2D eigenvalue weighted by Gasteiger charge is -2.04. The summed E-state index contributed by atoms with van der Waals surface area (Å²) in [5.74, 6) is -0.125. The molecule has 74 valence electrons. The van der Waals surface area contributed by atoms with Gasteiger partial charge in [0.25, 0.3) is 0 Å². The van der Waals surface area contributed by atoms with Crippen molar-refractivity contribution < 1.29 is 13.2 Å². The summed E-state index contributed by atoms with van der Waals surface area (Å²) in [5.41, 5.74) is 4.08. The van der Waals surface area contributed by atoms with E-state index in [1.807, 2.05) is 13.8 Å². The topological polar surface area (TPSA) is 38.9 Å². The van der Waals surface area contributed by atoms with E-state index in [0.29, 0.717) is 0 Å². The van der Waals surface area contributed by atoms with Crippen LogP contribution in [-0.4, -0.2) is 4.98 Å². The summed E-state index contributed by atoms with van der Waals surface area (Å²) in [6, 6.07) is 3.39. The van der Waals surface area contributed by atoms with Gasteiger partial charge >= 0.3 is 6.18 Å². The van der Waals surface area contributed by atoms with Gasteiger partial charge < -0.3 is 5.73 Å². The van der Waals surface area contributed by atoms with Gasteiger partial charge in [-0.1, -0.05) is 19.9 Å². The number of aromatic nitrogens is 1. The third kappa shape index (κ3) is 3.78. The molecule has 1 aromatic rings. The fourth-order valence-corrected chi connectivity index (χ4v) is 0.609. The number of hydrogen-bond acceptors (Lipinski definition) is 2. The van der Waals surface area contributed by atoms with Crippen LogP contribution >= 0.6 is 0 Å². The van der Waals surface area contributed by atoms with Crippen LogP contribution in [0.4, 0.5) is 19.0 Å². The predicted molar refractivity (Wildman–Crippen MR) is 45.0 cm³/mol. The highest BCUT2D eigenvalue weighted by molar-refractivity contribution is 5.29. The zero-order chi connectivity index (χ0) is 10.5. The summed E-state index contributed by atoms with van der Waals surface area (Å²) in [6.07, 6.45) is -4.41. The van der Waals surface area contributed by atoms with Crippen molar-refractivity contribution in [3.8, 4) is 0 Å². The van der Waals surface area contributed by atoms with Crippen molar-refractivity contribution in [3.63, 3.8) is 0 Å². The fourth-order valence-electron chi connectivity index (χ4n) is 0.609. The largest absolute Gasteiger partial charge is 0.433 e. The van der Waals surface area contributed by atoms with E-state index >= 15 is 0 Å². The quantitative estimate of drug-likeness (QED) is 0.686. The summed E-state index contributed by atoms with van der Waals surface area (Å²) >= 11 is 0. The van der Waals surface area contributed by atoms with Crippen LogP contribution in [0.2, 0.25) is 0 Å². The highest BCUT2D eigenvalue weighted by Crippen LogP contribution is 2.27. The van der Waals surface area contributed by atoms with Gasteiger partial charge in [0.1, 0.15) is 11.5 Å². The molecule has 0 atom stereocenters. The van der Waals surface area contributed by atoms with Gasteiger partial charge in [-0.25, -0.2) is 4.98 Å². The lowest BCUT2D eigenvalue weighted by molar-refractivity contribution is -0.141. The van der Waals surface area contributed by atoms with Crippen molar-refractivity contribution in [2.24, 2.45) is 0 Å². The molecule has 0 aliphatic heterocycles. The van der Waals surface area contributed by atoms with Crippen LogP contribution < -0.4 is 5.73 Å². The van der Waals surface area contributed by atoms with Crippen LogP contribution in [0.3, 0.4) is 0 Å². The van der Waals surface area contributed by atoms with E-state index in [1.165, 1.54) is 12.1 Å². The first-order valence-electron chi connectivity index (χ1n) is 3.80. The lowest BCUT2D eigenvalue weighted by atomic mass is 10.3. The molecule has 5 heteroatoms. The Morgan fingerprint density at radius 3 is 2.08 bits per heavy atom. The second kappa shape index (κ2) is 4.69. The molecule has 0 unspecified atom stereocenters. The van der Waals surface area contributed by atoms with Crippen molar-refractivity contribution in [1.82, 2.24) is 4.98 Å². The van der Waals surface area contributed by atoms with Crippen LogP contribution in [0.5, 0.6) is 0 Å². The summed E-state index contributed by atoms with van der Waals surface area (Å²) in [7, 11) is 0. The molecule has 0 aliphatic carbocycles. The Hall–Kier alpha value is -1.26. The monoisotopic (exact) mass is 192 g/mol. The molecule has 0 saturated heterocycles. The standard InChI is InChI=1S/C6H5F3N2.C2H6/c7-6(8,9)4-2-1-3-5(10)11-4;1-2/h1-3H,(H2,10,11);1-2H3. The van der Waals surface area contributed by atoms with Crippen molar-refractivity contribution in [2.75, 3.05) is 5.73 Å². The third-order valence-corrected chi connectivity index (χ3v) is 1.06. The van der Waals surface area contributed by atoms with E-state index in [4.69, 9.17) is 5.73 Å². The number of pyridine rings is 1. The molecule has 0 spiro atoms. The van der Waals surface area contributed by atoms with E-state index in [9.17, 15) is 13.2 Å². The molecule has 0 aromatic carbocycles. The number of nitrogen functional groups attached to an aromatic ring is 1. The van der Waals surface area contributed by atoms with E-state index in [0.717, 1.165) is 6.07 Å². The second-order valence-corrected chi connectivity index (χ2v) is 1.95. The Morgan fingerprint density at radius 2 is 1.77 bits per heavy atom. The minimum Gasteiger partial charge on any atom is -0.384 e. The average Bonchev–Trinajstić information content (AvgIpc) is 2.06. The maximum atomic E-state index is 11.8. The van der Waals surface area contributed by atoms with Crippen molar-refractivity contribution in [2.45, 2.75) is 20.0 Å². The van der Waals surface area contributed by atoms with Gasteiger partial charge in [-0.2, -0.15) is 13.2 Å². The van der Waals surface area contributed by atoms with Crippen LogP contribution in [0, 0.1) is 0 Å². The number of halogens is 3. The Kier molecular flexibility index (Phi) is 4.23. The molecule has 0 radical (unpaired) electrons. The number of rotatable bonds is 0. The molecule has 1 heterocycles. The van der Waals surface area contributed by atoms with E-state index in [2.05, 4.69) is 4.98 Å². The van der Waals surface area contributed by atoms with Crippen molar-refractivity contribution >= 4 is 5.82 Å². The molecular formula is C8H11F3N2. The van der Waals surface area contributed by atoms with E-state index < -0.39 is 11.9 Å². The Bertz CT molecular complexity index is 258. The molecule has 1 aromatic heterocycles. The smallest absolute Gasteiger partial charge is 0.384 e. The molecule has 1 rings (SSSR count). The zero-order valence-electron chi connectivity index (χ0n) is 7.39. The number of anilines is 1. The van der Waals surface area contributed by atoms with Gasteiger partial charge in [0.05, 0.1) is 0 Å². The Balaban J connectivity index is 0.000000671. The van der Waals surface area contributed by atoms with Gasteiger partial charge in [0.2, 0.25) is 0 Å². The van der Waals surface area contributed by atoms with Crippen LogP contribution in [0.25, 0.3) is 0 Å². The van der Waals surface area contributed by atoms with Crippen molar-refractivity contribution in [3.05, 3.63) is 23.9 Å². The number of nitrogens with zero attached hydrogens (tertiary/aromatic N) is 1. The van der Waals surface area contributed by atoms with Crippen LogP contribution in [-0.2, 0) is 6.18 Å². The first-order valence-corrected chi connectivity index (χ1v) is 3.80. The minimum absolute atomic E-state index is 0.125. The SMILES string of the molecule is CC.Nc1cccc(C(F)(F)F)n1. The highest BCUT2D eigenvalue weighted by Gasteiger charge is 2.32. The third-order valence-electron chi connectivity index (χ3n) is 1.06. The Labute approximate surface area is 74.6 Å².